The molecule has 1 heterocycles. The quantitative estimate of drug-likeness (QED) is 0.800. The van der Waals surface area contributed by atoms with Crippen LogP contribution in [-0.2, 0) is 0 Å². The van der Waals surface area contributed by atoms with Gasteiger partial charge in [-0.05, 0) is 38.5 Å². The Morgan fingerprint density at radius 2 is 2.13 bits per heavy atom. The van der Waals surface area contributed by atoms with Crippen molar-refractivity contribution in [3.05, 3.63) is 18.2 Å². The molecule has 1 saturated carbocycles. The number of aromatic amines is 1. The molecule has 3 heteroatoms. The van der Waals surface area contributed by atoms with Crippen molar-refractivity contribution >= 4 is 0 Å². The Hall–Kier alpha value is -0.830. The molecule has 1 aromatic heterocycles. The fraction of sp³-hybridized carbons (Fsp3) is 0.750. The second-order valence-corrected chi connectivity index (χ2v) is 4.82. The minimum atomic E-state index is 0.346. The molecule has 3 nitrogen and oxygen atoms in total. The van der Waals surface area contributed by atoms with Crippen LogP contribution in [0.3, 0.4) is 0 Å². The van der Waals surface area contributed by atoms with E-state index in [1.54, 1.807) is 0 Å². The van der Waals surface area contributed by atoms with Gasteiger partial charge in [0.1, 0.15) is 5.82 Å². The second kappa shape index (κ2) is 4.79. The van der Waals surface area contributed by atoms with E-state index in [1.807, 2.05) is 12.4 Å². The lowest BCUT2D eigenvalue weighted by Gasteiger charge is -2.29. The van der Waals surface area contributed by atoms with Crippen LogP contribution in [-0.4, -0.2) is 16.0 Å². The van der Waals surface area contributed by atoms with E-state index >= 15 is 0 Å². The van der Waals surface area contributed by atoms with Gasteiger partial charge < -0.3 is 10.3 Å². The molecule has 1 atom stereocenters. The smallest absolute Gasteiger partial charge is 0.122 e. The Labute approximate surface area is 91.7 Å². The fourth-order valence-corrected chi connectivity index (χ4v) is 2.37. The van der Waals surface area contributed by atoms with Gasteiger partial charge in [-0.1, -0.05) is 6.92 Å². The van der Waals surface area contributed by atoms with Crippen molar-refractivity contribution in [1.82, 2.24) is 15.3 Å². The predicted molar refractivity (Wildman–Crippen MR) is 61.6 cm³/mol. The highest BCUT2D eigenvalue weighted by Gasteiger charge is 2.20. The van der Waals surface area contributed by atoms with E-state index in [4.69, 9.17) is 0 Å². The lowest BCUT2D eigenvalue weighted by Crippen LogP contribution is -2.35. The van der Waals surface area contributed by atoms with Crippen LogP contribution in [0.25, 0.3) is 0 Å². The lowest BCUT2D eigenvalue weighted by molar-refractivity contribution is 0.289. The number of H-pyrrole nitrogens is 1. The molecule has 1 fully saturated rings. The van der Waals surface area contributed by atoms with Gasteiger partial charge in [0, 0.05) is 18.4 Å². The van der Waals surface area contributed by atoms with Gasteiger partial charge in [-0.25, -0.2) is 4.98 Å². The predicted octanol–water partition coefficient (Wildman–Crippen LogP) is 2.64. The van der Waals surface area contributed by atoms with Crippen LogP contribution in [0.4, 0.5) is 0 Å². The zero-order chi connectivity index (χ0) is 10.7. The first-order valence-electron chi connectivity index (χ1n) is 6.01. The van der Waals surface area contributed by atoms with E-state index in [1.165, 1.54) is 25.7 Å². The fourth-order valence-electron chi connectivity index (χ4n) is 2.37. The summed E-state index contributed by atoms with van der Waals surface area (Å²) in [4.78, 5) is 7.44. The van der Waals surface area contributed by atoms with Crippen LogP contribution >= 0.6 is 0 Å². The summed E-state index contributed by atoms with van der Waals surface area (Å²) in [5.74, 6) is 1.97. The number of nitrogens with zero attached hydrogens (tertiary/aromatic N) is 1. The zero-order valence-electron chi connectivity index (χ0n) is 9.66. The summed E-state index contributed by atoms with van der Waals surface area (Å²) in [7, 11) is 0. The van der Waals surface area contributed by atoms with Crippen molar-refractivity contribution in [1.29, 1.82) is 0 Å². The molecule has 0 aromatic carbocycles. The highest BCUT2D eigenvalue weighted by molar-refractivity contribution is 4.94. The first-order valence-corrected chi connectivity index (χ1v) is 6.01. The maximum absolute atomic E-state index is 4.28. The number of hydrogen-bond acceptors (Lipinski definition) is 2. The van der Waals surface area contributed by atoms with Crippen LogP contribution in [0.15, 0.2) is 12.4 Å². The number of hydrogen-bond donors (Lipinski definition) is 2. The molecule has 0 aliphatic heterocycles. The highest BCUT2D eigenvalue weighted by Crippen LogP contribution is 2.24. The molecule has 0 saturated heterocycles. The molecule has 0 bridgehead atoms. The Morgan fingerprint density at radius 1 is 1.40 bits per heavy atom. The SMILES string of the molecule is CC1CCC(NC(C)c2ncc[nH]2)CC1. The topological polar surface area (TPSA) is 40.7 Å². The van der Waals surface area contributed by atoms with E-state index in [2.05, 4.69) is 29.1 Å². The summed E-state index contributed by atoms with van der Waals surface area (Å²) >= 11 is 0. The van der Waals surface area contributed by atoms with Crippen molar-refractivity contribution in [3.63, 3.8) is 0 Å². The minimum Gasteiger partial charge on any atom is -0.347 e. The van der Waals surface area contributed by atoms with Gasteiger partial charge in [-0.3, -0.25) is 0 Å². The molecule has 15 heavy (non-hydrogen) atoms. The van der Waals surface area contributed by atoms with E-state index in [0.29, 0.717) is 12.1 Å². The largest absolute Gasteiger partial charge is 0.347 e. The van der Waals surface area contributed by atoms with Crippen LogP contribution in [0, 0.1) is 5.92 Å². The number of imidazole rings is 1. The molecule has 1 aliphatic rings. The first kappa shape index (κ1) is 10.7. The first-order chi connectivity index (χ1) is 7.25. The van der Waals surface area contributed by atoms with Gasteiger partial charge in [0.25, 0.3) is 0 Å². The Kier molecular flexibility index (Phi) is 3.41. The van der Waals surface area contributed by atoms with E-state index in [9.17, 15) is 0 Å². The third-order valence-corrected chi connectivity index (χ3v) is 3.43. The minimum absolute atomic E-state index is 0.346. The molecule has 84 valence electrons. The normalized spacial score (nSPS) is 28.9. The maximum atomic E-state index is 4.28. The maximum Gasteiger partial charge on any atom is 0.122 e. The number of nitrogens with one attached hydrogen (secondary N) is 2. The average molecular weight is 207 g/mol. The highest BCUT2D eigenvalue weighted by atomic mass is 15.0. The van der Waals surface area contributed by atoms with Gasteiger partial charge in [0.05, 0.1) is 6.04 Å². The van der Waals surface area contributed by atoms with Gasteiger partial charge in [-0.2, -0.15) is 0 Å². The standard InChI is InChI=1S/C12H21N3/c1-9-3-5-11(6-4-9)15-10(2)12-13-7-8-14-12/h7-11,15H,3-6H2,1-2H3,(H,13,14). The Balaban J connectivity index is 1.82. The summed E-state index contributed by atoms with van der Waals surface area (Å²) in [6.45, 7) is 4.53. The molecule has 0 radical (unpaired) electrons. The van der Waals surface area contributed by atoms with Crippen molar-refractivity contribution in [3.8, 4) is 0 Å². The summed E-state index contributed by atoms with van der Waals surface area (Å²) in [6, 6.07) is 1.03. The molecule has 2 N–H and O–H groups in total. The van der Waals surface area contributed by atoms with Crippen LogP contribution < -0.4 is 5.32 Å². The summed E-state index contributed by atoms with van der Waals surface area (Å²) in [5.41, 5.74) is 0. The summed E-state index contributed by atoms with van der Waals surface area (Å²) in [5, 5.41) is 3.65. The van der Waals surface area contributed by atoms with E-state index < -0.39 is 0 Å². The monoisotopic (exact) mass is 207 g/mol. The number of rotatable bonds is 3. The Bertz CT molecular complexity index is 273. The van der Waals surface area contributed by atoms with Crippen LogP contribution in [0.5, 0.6) is 0 Å². The third kappa shape index (κ3) is 2.81. The second-order valence-electron chi connectivity index (χ2n) is 4.82. The summed E-state index contributed by atoms with van der Waals surface area (Å²) < 4.78 is 0. The third-order valence-electron chi connectivity index (χ3n) is 3.43. The molecule has 1 unspecified atom stereocenters. The van der Waals surface area contributed by atoms with Crippen molar-refractivity contribution in [2.24, 2.45) is 5.92 Å². The van der Waals surface area contributed by atoms with Gasteiger partial charge in [-0.15, -0.1) is 0 Å². The van der Waals surface area contributed by atoms with Gasteiger partial charge in [0.15, 0.2) is 0 Å². The van der Waals surface area contributed by atoms with E-state index in [0.717, 1.165) is 11.7 Å². The van der Waals surface area contributed by atoms with Gasteiger partial charge >= 0.3 is 0 Å². The molecule has 1 aliphatic carbocycles. The lowest BCUT2D eigenvalue weighted by atomic mass is 9.87. The molecule has 1 aromatic rings. The van der Waals surface area contributed by atoms with Crippen molar-refractivity contribution in [2.45, 2.75) is 51.6 Å². The molecular weight excluding hydrogens is 186 g/mol. The summed E-state index contributed by atoms with van der Waals surface area (Å²) in [6.07, 6.45) is 9.05. The Morgan fingerprint density at radius 3 is 2.73 bits per heavy atom. The zero-order valence-corrected chi connectivity index (χ0v) is 9.66. The van der Waals surface area contributed by atoms with E-state index in [-0.39, 0.29) is 0 Å². The number of aromatic nitrogens is 2. The van der Waals surface area contributed by atoms with Crippen LogP contribution in [0.1, 0.15) is 51.4 Å². The molecule has 2 rings (SSSR count). The molecular formula is C12H21N3. The molecule has 0 amide bonds. The average Bonchev–Trinajstić information content (AvgIpc) is 2.74. The van der Waals surface area contributed by atoms with Crippen molar-refractivity contribution < 1.29 is 0 Å². The van der Waals surface area contributed by atoms with Crippen molar-refractivity contribution in [2.75, 3.05) is 0 Å². The van der Waals surface area contributed by atoms with Crippen LogP contribution in [0.2, 0.25) is 0 Å². The van der Waals surface area contributed by atoms with Gasteiger partial charge in [0.2, 0.25) is 0 Å². The molecule has 0 spiro atoms.